The summed E-state index contributed by atoms with van der Waals surface area (Å²) in [5, 5.41) is 1.27. The number of nitrogens with zero attached hydrogens (tertiary/aromatic N) is 1. The Kier molecular flexibility index (Phi) is 4.02. The molecule has 1 aromatic carbocycles. The summed E-state index contributed by atoms with van der Waals surface area (Å²) in [4.78, 5) is 30.0. The summed E-state index contributed by atoms with van der Waals surface area (Å²) in [6, 6.07) is 6.50. The van der Waals surface area contributed by atoms with Crippen molar-refractivity contribution in [3.63, 3.8) is 0 Å². The predicted octanol–water partition coefficient (Wildman–Crippen LogP) is 3.27. The first-order valence-electron chi connectivity index (χ1n) is 9.13. The van der Waals surface area contributed by atoms with Crippen LogP contribution < -0.4 is 0 Å². The fourth-order valence-corrected chi connectivity index (χ4v) is 4.40. The highest BCUT2D eigenvalue weighted by molar-refractivity contribution is 5.87. The molecule has 0 unspecified atom stereocenters. The number of aromatic amines is 1. The molecule has 2 aromatic rings. The van der Waals surface area contributed by atoms with E-state index in [1.165, 1.54) is 16.5 Å². The van der Waals surface area contributed by atoms with Crippen molar-refractivity contribution in [3.05, 3.63) is 35.0 Å². The van der Waals surface area contributed by atoms with Crippen molar-refractivity contribution < 1.29 is 14.3 Å². The van der Waals surface area contributed by atoms with E-state index < -0.39 is 0 Å². The number of carbonyl (C=O) groups is 2. The molecule has 2 atom stereocenters. The van der Waals surface area contributed by atoms with Crippen LogP contribution in [0.25, 0.3) is 10.9 Å². The SMILES string of the molecule is CCOC(=O)C[C@@H]1CC(=O)N2CCc3c([nH]c4ccc(C)cc34)[C@@H]2C1. The third-order valence-electron chi connectivity index (χ3n) is 5.51. The molecule has 0 bridgehead atoms. The number of benzene rings is 1. The Morgan fingerprint density at radius 2 is 2.24 bits per heavy atom. The molecule has 0 aliphatic carbocycles. The topological polar surface area (TPSA) is 62.4 Å². The number of aromatic nitrogens is 1. The van der Waals surface area contributed by atoms with E-state index in [0.29, 0.717) is 19.4 Å². The maximum Gasteiger partial charge on any atom is 0.306 e. The molecule has 1 N–H and O–H groups in total. The maximum atomic E-state index is 12.6. The van der Waals surface area contributed by atoms with Crippen LogP contribution in [0.3, 0.4) is 0 Å². The van der Waals surface area contributed by atoms with Gasteiger partial charge in [0.15, 0.2) is 0 Å². The average molecular weight is 340 g/mol. The molecule has 4 rings (SSSR count). The van der Waals surface area contributed by atoms with E-state index in [1.54, 1.807) is 0 Å². The van der Waals surface area contributed by atoms with Gasteiger partial charge in [-0.25, -0.2) is 0 Å². The Morgan fingerprint density at radius 1 is 1.40 bits per heavy atom. The molecule has 0 spiro atoms. The molecule has 5 nitrogen and oxygen atoms in total. The highest BCUT2D eigenvalue weighted by Crippen LogP contribution is 2.42. The molecular formula is C20H24N2O3. The lowest BCUT2D eigenvalue weighted by atomic mass is 9.83. The van der Waals surface area contributed by atoms with E-state index in [9.17, 15) is 9.59 Å². The summed E-state index contributed by atoms with van der Waals surface area (Å²) in [6.07, 6.45) is 2.50. The number of ether oxygens (including phenoxy) is 1. The number of carbonyl (C=O) groups excluding carboxylic acids is 2. The molecule has 2 aliphatic rings. The quantitative estimate of drug-likeness (QED) is 0.872. The lowest BCUT2D eigenvalue weighted by Crippen LogP contribution is -2.45. The molecule has 0 saturated carbocycles. The molecule has 3 heterocycles. The standard InChI is InChI=1S/C20H24N2O3/c1-3-25-19(24)11-13-9-17-20-14(6-7-22(17)18(23)10-13)15-8-12(2)4-5-16(15)21-20/h4-5,8,13,17,21H,3,6-7,9-11H2,1-2H3/t13-,17-/m0/s1. The van der Waals surface area contributed by atoms with Crippen LogP contribution in [0, 0.1) is 12.8 Å². The van der Waals surface area contributed by atoms with Gasteiger partial charge >= 0.3 is 5.97 Å². The van der Waals surface area contributed by atoms with Crippen molar-refractivity contribution >= 4 is 22.8 Å². The van der Waals surface area contributed by atoms with Crippen LogP contribution in [-0.2, 0) is 20.7 Å². The van der Waals surface area contributed by atoms with Crippen LogP contribution >= 0.6 is 0 Å². The van der Waals surface area contributed by atoms with Crippen molar-refractivity contribution in [1.82, 2.24) is 9.88 Å². The molecule has 1 saturated heterocycles. The molecule has 1 aromatic heterocycles. The zero-order valence-corrected chi connectivity index (χ0v) is 14.8. The summed E-state index contributed by atoms with van der Waals surface area (Å²) in [6.45, 7) is 5.07. The summed E-state index contributed by atoms with van der Waals surface area (Å²) in [5.74, 6) is 0.0231. The number of nitrogens with one attached hydrogen (secondary N) is 1. The van der Waals surface area contributed by atoms with E-state index in [0.717, 1.165) is 30.6 Å². The maximum absolute atomic E-state index is 12.6. The lowest BCUT2D eigenvalue weighted by molar-refractivity contribution is -0.147. The smallest absolute Gasteiger partial charge is 0.306 e. The van der Waals surface area contributed by atoms with Crippen molar-refractivity contribution in [1.29, 1.82) is 0 Å². The summed E-state index contributed by atoms with van der Waals surface area (Å²) >= 11 is 0. The predicted molar refractivity (Wildman–Crippen MR) is 95.2 cm³/mol. The number of H-pyrrole nitrogens is 1. The second-order valence-electron chi connectivity index (χ2n) is 7.23. The summed E-state index contributed by atoms with van der Waals surface area (Å²) in [5.41, 5.74) is 4.88. The minimum atomic E-state index is -0.197. The highest BCUT2D eigenvalue weighted by Gasteiger charge is 2.40. The number of amides is 1. The molecule has 25 heavy (non-hydrogen) atoms. The van der Waals surface area contributed by atoms with Gasteiger partial charge in [0.05, 0.1) is 12.6 Å². The Balaban J connectivity index is 1.66. The first-order chi connectivity index (χ1) is 12.1. The van der Waals surface area contributed by atoms with Crippen LogP contribution in [0.1, 0.15) is 49.0 Å². The van der Waals surface area contributed by atoms with Gasteiger partial charge in [-0.1, -0.05) is 11.6 Å². The van der Waals surface area contributed by atoms with Gasteiger partial charge in [0, 0.05) is 36.0 Å². The van der Waals surface area contributed by atoms with Crippen LogP contribution in [0.4, 0.5) is 0 Å². The molecule has 2 aliphatic heterocycles. The Morgan fingerprint density at radius 3 is 3.04 bits per heavy atom. The minimum absolute atomic E-state index is 0.0529. The van der Waals surface area contributed by atoms with Gasteiger partial charge in [-0.05, 0) is 50.3 Å². The van der Waals surface area contributed by atoms with E-state index in [-0.39, 0.29) is 23.8 Å². The van der Waals surface area contributed by atoms with Gasteiger partial charge in [0.1, 0.15) is 0 Å². The van der Waals surface area contributed by atoms with Crippen LogP contribution in [0.15, 0.2) is 18.2 Å². The zero-order chi connectivity index (χ0) is 17.6. The lowest BCUT2D eigenvalue weighted by Gasteiger charge is -2.42. The van der Waals surface area contributed by atoms with Crippen LogP contribution in [0.2, 0.25) is 0 Å². The fraction of sp³-hybridized carbons (Fsp3) is 0.500. The number of esters is 1. The van der Waals surface area contributed by atoms with Crippen molar-refractivity contribution in [3.8, 4) is 0 Å². The summed E-state index contributed by atoms with van der Waals surface area (Å²) in [7, 11) is 0. The van der Waals surface area contributed by atoms with E-state index >= 15 is 0 Å². The molecular weight excluding hydrogens is 316 g/mol. The van der Waals surface area contributed by atoms with E-state index in [4.69, 9.17) is 4.74 Å². The van der Waals surface area contributed by atoms with Crippen LogP contribution in [-0.4, -0.2) is 34.9 Å². The minimum Gasteiger partial charge on any atom is -0.466 e. The first kappa shape index (κ1) is 16.2. The average Bonchev–Trinajstić information content (AvgIpc) is 2.93. The molecule has 1 amide bonds. The van der Waals surface area contributed by atoms with Gasteiger partial charge in [0.25, 0.3) is 0 Å². The Bertz CT molecular complexity index is 839. The Hall–Kier alpha value is -2.30. The monoisotopic (exact) mass is 340 g/mol. The van der Waals surface area contributed by atoms with Gasteiger partial charge in [-0.3, -0.25) is 9.59 Å². The van der Waals surface area contributed by atoms with Gasteiger partial charge in [0.2, 0.25) is 5.91 Å². The van der Waals surface area contributed by atoms with Crippen molar-refractivity contribution in [2.75, 3.05) is 13.2 Å². The molecule has 132 valence electrons. The normalized spacial score (nSPS) is 22.6. The van der Waals surface area contributed by atoms with Gasteiger partial charge in [-0.15, -0.1) is 0 Å². The molecule has 1 fully saturated rings. The third-order valence-corrected chi connectivity index (χ3v) is 5.51. The van der Waals surface area contributed by atoms with Crippen molar-refractivity contribution in [2.45, 2.75) is 45.6 Å². The highest BCUT2D eigenvalue weighted by atomic mass is 16.5. The van der Waals surface area contributed by atoms with E-state index in [1.807, 2.05) is 11.8 Å². The van der Waals surface area contributed by atoms with Gasteiger partial charge in [-0.2, -0.15) is 0 Å². The summed E-state index contributed by atoms with van der Waals surface area (Å²) < 4.78 is 5.07. The number of fused-ring (bicyclic) bond motifs is 5. The number of piperidine rings is 1. The Labute approximate surface area is 147 Å². The largest absolute Gasteiger partial charge is 0.466 e. The van der Waals surface area contributed by atoms with Crippen molar-refractivity contribution in [2.24, 2.45) is 5.92 Å². The van der Waals surface area contributed by atoms with E-state index in [2.05, 4.69) is 30.1 Å². The first-order valence-corrected chi connectivity index (χ1v) is 9.13. The fourth-order valence-electron chi connectivity index (χ4n) is 4.40. The molecule has 0 radical (unpaired) electrons. The number of rotatable bonds is 3. The number of hydrogen-bond acceptors (Lipinski definition) is 3. The van der Waals surface area contributed by atoms with Gasteiger partial charge < -0.3 is 14.6 Å². The second-order valence-corrected chi connectivity index (χ2v) is 7.23. The second kappa shape index (κ2) is 6.21. The van der Waals surface area contributed by atoms with Crippen LogP contribution in [0.5, 0.6) is 0 Å². The number of aryl methyl sites for hydroxylation is 1. The molecule has 5 heteroatoms. The third kappa shape index (κ3) is 2.81. The zero-order valence-electron chi connectivity index (χ0n) is 14.8. The number of hydrogen-bond donors (Lipinski definition) is 1.